The number of hydrogen-bond acceptors (Lipinski definition) is 3. The second kappa shape index (κ2) is 4.74. The smallest absolute Gasteiger partial charge is 0.244 e. The highest BCUT2D eigenvalue weighted by molar-refractivity contribution is 7.89. The van der Waals surface area contributed by atoms with Crippen LogP contribution in [0.2, 0.25) is 0 Å². The topological polar surface area (TPSA) is 50.3 Å². The predicted octanol–water partition coefficient (Wildman–Crippen LogP) is 1.89. The number of aromatic nitrogens is 1. The Morgan fingerprint density at radius 1 is 1.35 bits per heavy atom. The SMILES string of the molecule is C[C@@H]1CC[C@@H](C)N(S(=O)(=O)c2cccnc2)C1. The molecule has 0 amide bonds. The average molecular weight is 254 g/mol. The van der Waals surface area contributed by atoms with Crippen LogP contribution >= 0.6 is 0 Å². The van der Waals surface area contributed by atoms with E-state index in [1.807, 2.05) is 6.92 Å². The lowest BCUT2D eigenvalue weighted by molar-refractivity contribution is 0.218. The molecule has 1 aliphatic rings. The molecule has 0 unspecified atom stereocenters. The van der Waals surface area contributed by atoms with Crippen LogP contribution in [0.25, 0.3) is 0 Å². The van der Waals surface area contributed by atoms with Crippen molar-refractivity contribution in [1.82, 2.24) is 9.29 Å². The minimum Gasteiger partial charge on any atom is -0.263 e. The first-order chi connectivity index (χ1) is 8.01. The first-order valence-corrected chi connectivity index (χ1v) is 7.37. The fraction of sp³-hybridized carbons (Fsp3) is 0.583. The number of sulfonamides is 1. The third kappa shape index (κ3) is 2.50. The zero-order valence-corrected chi connectivity index (χ0v) is 11.0. The van der Waals surface area contributed by atoms with Crippen molar-refractivity contribution in [2.75, 3.05) is 6.54 Å². The van der Waals surface area contributed by atoms with Gasteiger partial charge in [-0.15, -0.1) is 0 Å². The first kappa shape index (κ1) is 12.5. The van der Waals surface area contributed by atoms with Gasteiger partial charge in [0.15, 0.2) is 0 Å². The normalized spacial score (nSPS) is 26.9. The lowest BCUT2D eigenvalue weighted by Gasteiger charge is -2.35. The molecular weight excluding hydrogens is 236 g/mol. The van der Waals surface area contributed by atoms with Gasteiger partial charge in [-0.25, -0.2) is 8.42 Å². The first-order valence-electron chi connectivity index (χ1n) is 5.93. The quantitative estimate of drug-likeness (QED) is 0.810. The van der Waals surface area contributed by atoms with E-state index in [-0.39, 0.29) is 6.04 Å². The van der Waals surface area contributed by atoms with Crippen molar-refractivity contribution in [3.63, 3.8) is 0 Å². The summed E-state index contributed by atoms with van der Waals surface area (Å²) in [6, 6.07) is 3.34. The molecule has 0 bridgehead atoms. The van der Waals surface area contributed by atoms with E-state index >= 15 is 0 Å². The zero-order valence-electron chi connectivity index (χ0n) is 10.2. The van der Waals surface area contributed by atoms with Crippen molar-refractivity contribution in [2.45, 2.75) is 37.6 Å². The molecular formula is C12H18N2O2S. The summed E-state index contributed by atoms with van der Waals surface area (Å²) >= 11 is 0. The zero-order chi connectivity index (χ0) is 12.5. The van der Waals surface area contributed by atoms with Crippen LogP contribution in [0.5, 0.6) is 0 Å². The Bertz CT molecular complexity index is 473. The monoisotopic (exact) mass is 254 g/mol. The summed E-state index contributed by atoms with van der Waals surface area (Å²) < 4.78 is 26.5. The standard InChI is InChI=1S/C12H18N2O2S/c1-10-5-6-11(2)14(9-10)17(15,16)12-4-3-7-13-8-12/h3-4,7-8,10-11H,5-6,9H2,1-2H3/t10-,11-/m1/s1. The van der Waals surface area contributed by atoms with Crippen molar-refractivity contribution in [3.05, 3.63) is 24.5 Å². The molecule has 2 heterocycles. The van der Waals surface area contributed by atoms with E-state index in [9.17, 15) is 8.42 Å². The summed E-state index contributed by atoms with van der Waals surface area (Å²) in [5.41, 5.74) is 0. The van der Waals surface area contributed by atoms with Gasteiger partial charge in [-0.1, -0.05) is 6.92 Å². The minimum absolute atomic E-state index is 0.0800. The van der Waals surface area contributed by atoms with Crippen LogP contribution in [0.15, 0.2) is 29.4 Å². The molecule has 94 valence electrons. The van der Waals surface area contributed by atoms with Crippen LogP contribution in [-0.4, -0.2) is 30.3 Å². The highest BCUT2D eigenvalue weighted by atomic mass is 32.2. The number of piperidine rings is 1. The van der Waals surface area contributed by atoms with E-state index in [4.69, 9.17) is 0 Å². The molecule has 0 aliphatic carbocycles. The summed E-state index contributed by atoms with van der Waals surface area (Å²) in [4.78, 5) is 4.18. The highest BCUT2D eigenvalue weighted by Crippen LogP contribution is 2.27. The van der Waals surface area contributed by atoms with Crippen molar-refractivity contribution >= 4 is 10.0 Å². The molecule has 2 rings (SSSR count). The molecule has 2 atom stereocenters. The van der Waals surface area contributed by atoms with E-state index in [0.29, 0.717) is 17.4 Å². The molecule has 0 aromatic carbocycles. The molecule has 17 heavy (non-hydrogen) atoms. The number of rotatable bonds is 2. The lowest BCUT2D eigenvalue weighted by atomic mass is 9.97. The van der Waals surface area contributed by atoms with Gasteiger partial charge in [0.25, 0.3) is 0 Å². The molecule has 0 radical (unpaired) electrons. The minimum atomic E-state index is -3.37. The van der Waals surface area contributed by atoms with Gasteiger partial charge >= 0.3 is 0 Å². The average Bonchev–Trinajstić information content (AvgIpc) is 2.33. The summed E-state index contributed by atoms with van der Waals surface area (Å²) in [5.74, 6) is 0.428. The van der Waals surface area contributed by atoms with Crippen LogP contribution in [0.4, 0.5) is 0 Å². The molecule has 5 heteroatoms. The third-order valence-corrected chi connectivity index (χ3v) is 5.27. The van der Waals surface area contributed by atoms with Gasteiger partial charge in [0.1, 0.15) is 4.90 Å². The number of pyridine rings is 1. The predicted molar refractivity (Wildman–Crippen MR) is 66.0 cm³/mol. The second-order valence-electron chi connectivity index (χ2n) is 4.79. The molecule has 1 fully saturated rings. The van der Waals surface area contributed by atoms with Crippen LogP contribution < -0.4 is 0 Å². The van der Waals surface area contributed by atoms with Crippen LogP contribution in [0, 0.1) is 5.92 Å². The molecule has 0 N–H and O–H groups in total. The largest absolute Gasteiger partial charge is 0.263 e. The summed E-state index contributed by atoms with van der Waals surface area (Å²) in [7, 11) is -3.37. The van der Waals surface area contributed by atoms with E-state index in [0.717, 1.165) is 12.8 Å². The van der Waals surface area contributed by atoms with Crippen LogP contribution in [-0.2, 0) is 10.0 Å². The van der Waals surface area contributed by atoms with Gasteiger partial charge < -0.3 is 0 Å². The molecule has 4 nitrogen and oxygen atoms in total. The van der Waals surface area contributed by atoms with E-state index in [1.54, 1.807) is 22.6 Å². The fourth-order valence-corrected chi connectivity index (χ4v) is 3.96. The van der Waals surface area contributed by atoms with Crippen molar-refractivity contribution in [2.24, 2.45) is 5.92 Å². The Morgan fingerprint density at radius 2 is 2.12 bits per heavy atom. The van der Waals surface area contributed by atoms with E-state index < -0.39 is 10.0 Å². The van der Waals surface area contributed by atoms with Crippen molar-refractivity contribution in [1.29, 1.82) is 0 Å². The molecule has 1 aromatic heterocycles. The van der Waals surface area contributed by atoms with Gasteiger partial charge in [0, 0.05) is 25.0 Å². The van der Waals surface area contributed by atoms with Gasteiger partial charge in [-0.2, -0.15) is 4.31 Å². The van der Waals surface area contributed by atoms with Crippen LogP contribution in [0.3, 0.4) is 0 Å². The second-order valence-corrected chi connectivity index (χ2v) is 6.69. The van der Waals surface area contributed by atoms with Crippen LogP contribution in [0.1, 0.15) is 26.7 Å². The van der Waals surface area contributed by atoms with Gasteiger partial charge in [0.05, 0.1) is 0 Å². The molecule has 0 saturated carbocycles. The fourth-order valence-electron chi connectivity index (χ4n) is 2.22. The number of hydrogen-bond donors (Lipinski definition) is 0. The Labute approximate surface area is 103 Å². The Hall–Kier alpha value is -0.940. The molecule has 1 saturated heterocycles. The maximum Gasteiger partial charge on any atom is 0.244 e. The summed E-state index contributed by atoms with van der Waals surface area (Å²) in [5, 5.41) is 0. The Balaban J connectivity index is 2.32. The van der Waals surface area contributed by atoms with Gasteiger partial charge in [-0.05, 0) is 37.8 Å². The van der Waals surface area contributed by atoms with E-state index in [1.165, 1.54) is 6.20 Å². The van der Waals surface area contributed by atoms with Gasteiger partial charge in [-0.3, -0.25) is 4.98 Å². The summed E-state index contributed by atoms with van der Waals surface area (Å²) in [6.45, 7) is 4.68. The Kier molecular flexibility index (Phi) is 3.49. The Morgan fingerprint density at radius 3 is 2.76 bits per heavy atom. The maximum absolute atomic E-state index is 12.4. The highest BCUT2D eigenvalue weighted by Gasteiger charge is 2.33. The molecule has 1 aliphatic heterocycles. The molecule has 1 aromatic rings. The lowest BCUT2D eigenvalue weighted by Crippen LogP contribution is -2.44. The molecule has 0 spiro atoms. The third-order valence-electron chi connectivity index (χ3n) is 3.30. The number of nitrogens with zero attached hydrogens (tertiary/aromatic N) is 2. The van der Waals surface area contributed by atoms with Crippen molar-refractivity contribution < 1.29 is 8.42 Å². The van der Waals surface area contributed by atoms with Crippen molar-refractivity contribution in [3.8, 4) is 0 Å². The maximum atomic E-state index is 12.4. The summed E-state index contributed by atoms with van der Waals surface area (Å²) in [6.07, 6.45) is 5.03. The van der Waals surface area contributed by atoms with Gasteiger partial charge in [0.2, 0.25) is 10.0 Å². The van der Waals surface area contributed by atoms with E-state index in [2.05, 4.69) is 11.9 Å².